The second kappa shape index (κ2) is 4.06. The van der Waals surface area contributed by atoms with E-state index in [2.05, 4.69) is 52.2 Å². The van der Waals surface area contributed by atoms with Gasteiger partial charge in [-0.25, -0.2) is 0 Å². The van der Waals surface area contributed by atoms with E-state index in [0.717, 1.165) is 0 Å². The molecule has 1 fully saturated rings. The van der Waals surface area contributed by atoms with E-state index in [0.29, 0.717) is 0 Å². The second-order valence-electron chi connectivity index (χ2n) is 6.08. The topological polar surface area (TPSA) is 24.1 Å². The van der Waals surface area contributed by atoms with Gasteiger partial charge in [-0.1, -0.05) is 26.7 Å². The van der Waals surface area contributed by atoms with Crippen molar-refractivity contribution >= 4 is 0 Å². The lowest BCUT2D eigenvalue weighted by Gasteiger charge is -2.33. The van der Waals surface area contributed by atoms with Crippen LogP contribution in [0.4, 0.5) is 0 Å². The monoisotopic (exact) mass is 212 g/mol. The predicted octanol–water partition coefficient (Wildman–Crippen LogP) is 3.03. The zero-order valence-electron chi connectivity index (χ0n) is 11.3. The van der Waals surface area contributed by atoms with Gasteiger partial charge in [-0.2, -0.15) is 0 Å². The van der Waals surface area contributed by atoms with E-state index in [1.807, 2.05) is 0 Å². The van der Waals surface area contributed by atoms with E-state index in [1.54, 1.807) is 0 Å². The second-order valence-corrected chi connectivity index (χ2v) is 6.08. The molecule has 1 aliphatic rings. The molecule has 90 valence electrons. The van der Waals surface area contributed by atoms with E-state index in [4.69, 9.17) is 0 Å². The minimum atomic E-state index is 0.163. The first-order chi connectivity index (χ1) is 6.79. The molecule has 1 aliphatic heterocycles. The Morgan fingerprint density at radius 1 is 0.733 bits per heavy atom. The first kappa shape index (κ1) is 13.0. The molecular formula is C13H28N2. The molecule has 1 saturated heterocycles. The van der Waals surface area contributed by atoms with Crippen molar-refractivity contribution in [3.8, 4) is 0 Å². The molecule has 2 N–H and O–H groups in total. The van der Waals surface area contributed by atoms with Crippen LogP contribution in [0.25, 0.3) is 0 Å². The van der Waals surface area contributed by atoms with E-state index < -0.39 is 0 Å². The van der Waals surface area contributed by atoms with Crippen molar-refractivity contribution in [3.05, 3.63) is 0 Å². The van der Waals surface area contributed by atoms with Gasteiger partial charge in [0.15, 0.2) is 0 Å². The molecule has 0 spiro atoms. The summed E-state index contributed by atoms with van der Waals surface area (Å²) in [4.78, 5) is 0. The Morgan fingerprint density at radius 2 is 1.07 bits per heavy atom. The average molecular weight is 212 g/mol. The maximum atomic E-state index is 3.82. The number of hydrogen-bond acceptors (Lipinski definition) is 2. The van der Waals surface area contributed by atoms with E-state index >= 15 is 0 Å². The van der Waals surface area contributed by atoms with Crippen LogP contribution in [0.15, 0.2) is 0 Å². The van der Waals surface area contributed by atoms with Crippen LogP contribution >= 0.6 is 0 Å². The Bertz CT molecular complexity index is 195. The summed E-state index contributed by atoms with van der Waals surface area (Å²) in [6.07, 6.45) is 4.89. The lowest BCUT2D eigenvalue weighted by Crippen LogP contribution is -2.52. The Hall–Kier alpha value is -0.0800. The van der Waals surface area contributed by atoms with Crippen molar-refractivity contribution in [2.75, 3.05) is 0 Å². The smallest absolute Gasteiger partial charge is 0.0696 e. The molecular weight excluding hydrogens is 184 g/mol. The third-order valence-electron chi connectivity index (χ3n) is 4.02. The first-order valence-corrected chi connectivity index (χ1v) is 6.37. The van der Waals surface area contributed by atoms with Crippen molar-refractivity contribution < 1.29 is 0 Å². The molecule has 1 heterocycles. The first-order valence-electron chi connectivity index (χ1n) is 6.37. The molecule has 1 rings (SSSR count). The van der Waals surface area contributed by atoms with Gasteiger partial charge in [0.25, 0.3) is 0 Å². The quantitative estimate of drug-likeness (QED) is 0.748. The fraction of sp³-hybridized carbons (Fsp3) is 1.00. The number of hydrogen-bond donors (Lipinski definition) is 2. The summed E-state index contributed by atoms with van der Waals surface area (Å²) in [5, 5.41) is 7.65. The largest absolute Gasteiger partial charge is 0.292 e. The van der Waals surface area contributed by atoms with Crippen LogP contribution in [0, 0.1) is 0 Å². The molecule has 0 aromatic rings. The van der Waals surface area contributed by atoms with Crippen LogP contribution in [-0.2, 0) is 0 Å². The summed E-state index contributed by atoms with van der Waals surface area (Å²) in [5.41, 5.74) is 0.491. The van der Waals surface area contributed by atoms with Crippen LogP contribution in [0.3, 0.4) is 0 Å². The molecule has 0 radical (unpaired) electrons. The third kappa shape index (κ3) is 2.36. The van der Waals surface area contributed by atoms with Crippen molar-refractivity contribution in [1.82, 2.24) is 10.6 Å². The van der Waals surface area contributed by atoms with Crippen LogP contribution < -0.4 is 10.6 Å². The lowest BCUT2D eigenvalue weighted by atomic mass is 9.85. The van der Waals surface area contributed by atoms with Gasteiger partial charge in [-0.3, -0.25) is 10.6 Å². The molecule has 0 atom stereocenters. The summed E-state index contributed by atoms with van der Waals surface area (Å²) in [5.74, 6) is 0. The zero-order chi connectivity index (χ0) is 11.7. The highest BCUT2D eigenvalue weighted by Gasteiger charge is 2.52. The minimum Gasteiger partial charge on any atom is -0.292 e. The average Bonchev–Trinajstić information content (AvgIpc) is 2.18. The predicted molar refractivity (Wildman–Crippen MR) is 67.0 cm³/mol. The van der Waals surface area contributed by atoms with Gasteiger partial charge in [0, 0.05) is 11.1 Å². The maximum Gasteiger partial charge on any atom is 0.0696 e. The highest BCUT2D eigenvalue weighted by atomic mass is 15.3. The Kier molecular flexibility index (Phi) is 3.52. The molecule has 0 aromatic carbocycles. The number of nitrogens with one attached hydrogen (secondary N) is 2. The summed E-state index contributed by atoms with van der Waals surface area (Å²) in [6.45, 7) is 13.7. The van der Waals surface area contributed by atoms with Gasteiger partial charge >= 0.3 is 0 Å². The van der Waals surface area contributed by atoms with Crippen LogP contribution in [0.2, 0.25) is 0 Å². The standard InChI is InChI=1S/C13H28N2/c1-7-9-13(10-8-2)14-11(3,4)12(5,6)15-13/h14-15H,7-10H2,1-6H3. The summed E-state index contributed by atoms with van der Waals surface area (Å²) in [6, 6.07) is 0. The van der Waals surface area contributed by atoms with Gasteiger partial charge in [-0.15, -0.1) is 0 Å². The molecule has 0 aliphatic carbocycles. The normalized spacial score (nSPS) is 26.8. The van der Waals surface area contributed by atoms with Crippen molar-refractivity contribution in [2.24, 2.45) is 0 Å². The van der Waals surface area contributed by atoms with Gasteiger partial charge < -0.3 is 0 Å². The van der Waals surface area contributed by atoms with E-state index in [9.17, 15) is 0 Å². The molecule has 0 amide bonds. The van der Waals surface area contributed by atoms with Crippen molar-refractivity contribution in [1.29, 1.82) is 0 Å². The Balaban J connectivity index is 2.87. The molecule has 15 heavy (non-hydrogen) atoms. The zero-order valence-corrected chi connectivity index (χ0v) is 11.3. The van der Waals surface area contributed by atoms with Gasteiger partial charge in [0.1, 0.15) is 0 Å². The summed E-state index contributed by atoms with van der Waals surface area (Å²) in [7, 11) is 0. The Morgan fingerprint density at radius 3 is 1.33 bits per heavy atom. The molecule has 0 unspecified atom stereocenters. The van der Waals surface area contributed by atoms with E-state index in [1.165, 1.54) is 25.7 Å². The highest BCUT2D eigenvalue weighted by molar-refractivity contribution is 5.13. The Labute approximate surface area is 95.2 Å². The van der Waals surface area contributed by atoms with Gasteiger partial charge in [-0.05, 0) is 40.5 Å². The molecule has 2 nitrogen and oxygen atoms in total. The molecule has 2 heteroatoms. The van der Waals surface area contributed by atoms with Crippen LogP contribution in [0.5, 0.6) is 0 Å². The van der Waals surface area contributed by atoms with Crippen molar-refractivity contribution in [2.45, 2.75) is 84.0 Å². The highest BCUT2D eigenvalue weighted by Crippen LogP contribution is 2.36. The van der Waals surface area contributed by atoms with Crippen LogP contribution in [-0.4, -0.2) is 16.7 Å². The minimum absolute atomic E-state index is 0.163. The van der Waals surface area contributed by atoms with Crippen LogP contribution in [0.1, 0.15) is 67.2 Å². The third-order valence-corrected chi connectivity index (χ3v) is 4.02. The molecule has 0 saturated carbocycles. The summed E-state index contributed by atoms with van der Waals surface area (Å²) < 4.78 is 0. The fourth-order valence-electron chi connectivity index (χ4n) is 2.77. The van der Waals surface area contributed by atoms with Gasteiger partial charge in [0.2, 0.25) is 0 Å². The maximum absolute atomic E-state index is 3.82. The van der Waals surface area contributed by atoms with Crippen molar-refractivity contribution in [3.63, 3.8) is 0 Å². The molecule has 0 bridgehead atoms. The molecule has 0 aromatic heterocycles. The van der Waals surface area contributed by atoms with Gasteiger partial charge in [0.05, 0.1) is 5.66 Å². The number of rotatable bonds is 4. The van der Waals surface area contributed by atoms with E-state index in [-0.39, 0.29) is 16.7 Å². The fourth-order valence-corrected chi connectivity index (χ4v) is 2.77. The summed E-state index contributed by atoms with van der Waals surface area (Å²) >= 11 is 0. The SMILES string of the molecule is CCCC1(CCC)NC(C)(C)C(C)(C)N1. The lowest BCUT2D eigenvalue weighted by molar-refractivity contribution is 0.253.